The number of nitrogens with two attached hydrogens (primary N) is 1. The Kier molecular flexibility index (Phi) is 7.77. The molecular weight excluding hydrogens is 504 g/mol. The molecule has 0 atom stereocenters. The number of carboxylic acid groups (broad SMARTS) is 1. The van der Waals surface area contributed by atoms with Gasteiger partial charge in [0, 0.05) is 29.8 Å². The van der Waals surface area contributed by atoms with Crippen LogP contribution < -0.4 is 16.4 Å². The van der Waals surface area contributed by atoms with Crippen LogP contribution >= 0.6 is 0 Å². The lowest BCUT2D eigenvalue weighted by atomic mass is 9.93. The fourth-order valence-corrected chi connectivity index (χ4v) is 4.28. The van der Waals surface area contributed by atoms with Gasteiger partial charge in [-0.3, -0.25) is 4.79 Å². The maximum absolute atomic E-state index is 14.7. The molecule has 0 unspecified atom stereocenters. The summed E-state index contributed by atoms with van der Waals surface area (Å²) in [6.45, 7) is 2.45. The molecule has 3 aromatic rings. The summed E-state index contributed by atoms with van der Waals surface area (Å²) in [7, 11) is 0. The monoisotopic (exact) mass is 528 g/mol. The Hall–Kier alpha value is -4.25. The van der Waals surface area contributed by atoms with Crippen molar-refractivity contribution in [3.63, 3.8) is 0 Å². The van der Waals surface area contributed by atoms with Gasteiger partial charge in [-0.15, -0.1) is 0 Å². The molecular formula is C27H24F4N4O3. The van der Waals surface area contributed by atoms with Crippen molar-refractivity contribution in [1.29, 1.82) is 0 Å². The number of alkyl halides is 3. The van der Waals surface area contributed by atoms with Gasteiger partial charge in [0.1, 0.15) is 5.82 Å². The van der Waals surface area contributed by atoms with Crippen LogP contribution in [0.4, 0.5) is 23.4 Å². The zero-order chi connectivity index (χ0) is 27.4. The smallest absolute Gasteiger partial charge is 0.475 e. The second-order valence-electron chi connectivity index (χ2n) is 8.70. The van der Waals surface area contributed by atoms with Crippen molar-refractivity contribution in [3.8, 4) is 22.3 Å². The second kappa shape index (κ2) is 11.0. The van der Waals surface area contributed by atoms with Gasteiger partial charge in [0.05, 0.1) is 0 Å². The largest absolute Gasteiger partial charge is 0.490 e. The minimum atomic E-state index is -5.08. The third-order valence-electron chi connectivity index (χ3n) is 6.22. The normalized spacial score (nSPS) is 14.9. The Morgan fingerprint density at radius 1 is 0.921 bits per heavy atom. The number of anilines is 1. The number of halogens is 4. The van der Waals surface area contributed by atoms with Crippen LogP contribution in [0.5, 0.6) is 0 Å². The molecule has 1 amide bonds. The average Bonchev–Trinajstić information content (AvgIpc) is 2.89. The third kappa shape index (κ3) is 6.00. The predicted octanol–water partition coefficient (Wildman–Crippen LogP) is 4.43. The predicted molar refractivity (Wildman–Crippen MR) is 135 cm³/mol. The number of aromatic nitrogens is 1. The van der Waals surface area contributed by atoms with Gasteiger partial charge in [-0.2, -0.15) is 17.6 Å². The van der Waals surface area contributed by atoms with E-state index >= 15 is 0 Å². The molecule has 0 fully saturated rings. The Bertz CT molecular complexity index is 1400. The average molecular weight is 529 g/mol. The topological polar surface area (TPSA) is 117 Å². The molecule has 38 heavy (non-hydrogen) atoms. The molecule has 198 valence electrons. The van der Waals surface area contributed by atoms with Gasteiger partial charge in [-0.05, 0) is 59.3 Å². The van der Waals surface area contributed by atoms with Gasteiger partial charge in [0.2, 0.25) is 5.95 Å². The number of nitrogens with zero attached hydrogens (tertiary/aromatic N) is 1. The highest BCUT2D eigenvalue weighted by Crippen LogP contribution is 2.34. The molecule has 0 saturated carbocycles. The van der Waals surface area contributed by atoms with Gasteiger partial charge in [0.25, 0.3) is 5.91 Å². The number of hydrogen-bond donors (Lipinski definition) is 4. The van der Waals surface area contributed by atoms with Crippen LogP contribution in [-0.4, -0.2) is 47.8 Å². The number of aliphatic carboxylic acids is 1. The van der Waals surface area contributed by atoms with E-state index in [0.29, 0.717) is 23.2 Å². The summed E-state index contributed by atoms with van der Waals surface area (Å²) in [5.41, 5.74) is 12.8. The SMILES string of the molecule is Nc1nc(F)c(-c2ccc(C3=CCNCC3)cc2)cc1-c1ccc2c(c1)CCNC2=O.O=C(O)C(F)(F)F. The van der Waals surface area contributed by atoms with Crippen LogP contribution in [0, 0.1) is 5.95 Å². The Morgan fingerprint density at radius 3 is 2.21 bits per heavy atom. The van der Waals surface area contributed by atoms with Crippen LogP contribution in [-0.2, 0) is 11.2 Å². The summed E-state index contributed by atoms with van der Waals surface area (Å²) in [6.07, 6.45) is -1.15. The first-order valence-corrected chi connectivity index (χ1v) is 11.7. The zero-order valence-electron chi connectivity index (χ0n) is 20.0. The van der Waals surface area contributed by atoms with Crippen molar-refractivity contribution < 1.29 is 32.3 Å². The van der Waals surface area contributed by atoms with Gasteiger partial charge in [0.15, 0.2) is 0 Å². The summed E-state index contributed by atoms with van der Waals surface area (Å²) < 4.78 is 46.5. The molecule has 0 spiro atoms. The summed E-state index contributed by atoms with van der Waals surface area (Å²) >= 11 is 0. The quantitative estimate of drug-likeness (QED) is 0.295. The summed E-state index contributed by atoms with van der Waals surface area (Å²) in [5.74, 6) is -3.28. The minimum Gasteiger partial charge on any atom is -0.475 e. The van der Waals surface area contributed by atoms with Crippen LogP contribution in [0.3, 0.4) is 0 Å². The van der Waals surface area contributed by atoms with E-state index < -0.39 is 18.1 Å². The summed E-state index contributed by atoms with van der Waals surface area (Å²) in [5, 5.41) is 13.3. The lowest BCUT2D eigenvalue weighted by Gasteiger charge is -2.18. The number of fused-ring (bicyclic) bond motifs is 1. The van der Waals surface area contributed by atoms with Crippen molar-refractivity contribution in [2.45, 2.75) is 19.0 Å². The number of pyridine rings is 1. The number of nitrogens with one attached hydrogen (secondary N) is 2. The summed E-state index contributed by atoms with van der Waals surface area (Å²) in [6, 6.07) is 15.2. The molecule has 0 radical (unpaired) electrons. The van der Waals surface area contributed by atoms with E-state index in [1.807, 2.05) is 36.4 Å². The first kappa shape index (κ1) is 26.8. The van der Waals surface area contributed by atoms with E-state index in [2.05, 4.69) is 21.7 Å². The number of carbonyl (C=O) groups excluding carboxylic acids is 1. The van der Waals surface area contributed by atoms with Crippen molar-refractivity contribution >= 4 is 23.3 Å². The van der Waals surface area contributed by atoms with Crippen LogP contribution in [0.15, 0.2) is 54.6 Å². The van der Waals surface area contributed by atoms with Crippen molar-refractivity contribution in [1.82, 2.24) is 15.6 Å². The molecule has 2 aromatic carbocycles. The van der Waals surface area contributed by atoms with E-state index in [9.17, 15) is 22.4 Å². The summed E-state index contributed by atoms with van der Waals surface area (Å²) in [4.78, 5) is 24.9. The number of amides is 1. The van der Waals surface area contributed by atoms with Crippen LogP contribution in [0.1, 0.15) is 27.9 Å². The molecule has 3 heterocycles. The van der Waals surface area contributed by atoms with E-state index in [0.717, 1.165) is 48.2 Å². The van der Waals surface area contributed by atoms with Gasteiger partial charge >= 0.3 is 12.1 Å². The number of hydrogen-bond acceptors (Lipinski definition) is 5. The van der Waals surface area contributed by atoms with Crippen LogP contribution in [0.25, 0.3) is 27.8 Å². The molecule has 5 rings (SSSR count). The fraction of sp³-hybridized carbons (Fsp3) is 0.222. The number of benzene rings is 2. The van der Waals surface area contributed by atoms with Gasteiger partial charge in [-0.1, -0.05) is 42.5 Å². The molecule has 2 aliphatic rings. The minimum absolute atomic E-state index is 0.0670. The van der Waals surface area contributed by atoms with E-state index in [4.69, 9.17) is 15.6 Å². The van der Waals surface area contributed by atoms with Crippen LogP contribution in [0.2, 0.25) is 0 Å². The maximum Gasteiger partial charge on any atom is 0.490 e. The zero-order valence-corrected chi connectivity index (χ0v) is 20.0. The third-order valence-corrected chi connectivity index (χ3v) is 6.22. The number of rotatable bonds is 3. The van der Waals surface area contributed by atoms with Crippen molar-refractivity contribution in [2.24, 2.45) is 0 Å². The fourth-order valence-electron chi connectivity index (χ4n) is 4.28. The Labute approximate surface area is 215 Å². The lowest BCUT2D eigenvalue weighted by Crippen LogP contribution is -2.31. The molecule has 0 bridgehead atoms. The Morgan fingerprint density at radius 2 is 1.58 bits per heavy atom. The molecule has 7 nitrogen and oxygen atoms in total. The van der Waals surface area contributed by atoms with E-state index in [-0.39, 0.29) is 11.7 Å². The first-order valence-electron chi connectivity index (χ1n) is 11.7. The molecule has 11 heteroatoms. The number of nitrogen functional groups attached to an aromatic ring is 1. The van der Waals surface area contributed by atoms with Gasteiger partial charge in [-0.25, -0.2) is 9.78 Å². The molecule has 2 aliphatic heterocycles. The van der Waals surface area contributed by atoms with Gasteiger partial charge < -0.3 is 21.5 Å². The Balaban J connectivity index is 0.000000426. The maximum atomic E-state index is 14.7. The molecule has 1 aromatic heterocycles. The standard InChI is InChI=1S/C25H23FN4O.C2HF3O2/c26-23-21(17-3-1-15(2-4-17)16-7-10-28-11-8-16)14-22(24(27)30-23)18-5-6-20-19(13-18)9-12-29-25(20)31;3-2(4,5)1(6)7/h1-7,13-14,28H,8-12H2,(H2,27,30)(H,29,31);(H,6,7). The molecule has 0 saturated heterocycles. The number of carbonyl (C=O) groups is 2. The highest BCUT2D eigenvalue weighted by molar-refractivity contribution is 5.97. The molecule has 5 N–H and O–H groups in total. The van der Waals surface area contributed by atoms with E-state index in [1.54, 1.807) is 12.1 Å². The highest BCUT2D eigenvalue weighted by Gasteiger charge is 2.38. The second-order valence-corrected chi connectivity index (χ2v) is 8.70. The van der Waals surface area contributed by atoms with Crippen molar-refractivity contribution in [2.75, 3.05) is 25.4 Å². The van der Waals surface area contributed by atoms with Crippen molar-refractivity contribution in [3.05, 3.63) is 77.2 Å². The lowest BCUT2D eigenvalue weighted by molar-refractivity contribution is -0.192. The number of carboxylic acids is 1. The first-order chi connectivity index (χ1) is 18.0. The van der Waals surface area contributed by atoms with E-state index in [1.165, 1.54) is 5.57 Å². The molecule has 0 aliphatic carbocycles. The highest BCUT2D eigenvalue weighted by atomic mass is 19.4.